The molecule has 1 aromatic rings. The zero-order chi connectivity index (χ0) is 13.5. The Hall–Kier alpha value is -1.06. The topological polar surface area (TPSA) is 32.3 Å². The highest BCUT2D eigenvalue weighted by molar-refractivity contribution is 5.85. The van der Waals surface area contributed by atoms with Crippen LogP contribution in [0, 0.1) is 0 Å². The molecule has 1 saturated carbocycles. The Balaban J connectivity index is 0.00000200. The van der Waals surface area contributed by atoms with Gasteiger partial charge in [-0.15, -0.1) is 12.4 Å². The maximum atomic E-state index is 12.3. The predicted molar refractivity (Wildman–Crippen MR) is 85.0 cm³/mol. The van der Waals surface area contributed by atoms with Crippen LogP contribution in [0.5, 0.6) is 0 Å². The van der Waals surface area contributed by atoms with Crippen LogP contribution in [0.2, 0.25) is 0 Å². The quantitative estimate of drug-likeness (QED) is 0.906. The van der Waals surface area contributed by atoms with Crippen molar-refractivity contribution in [3.05, 3.63) is 35.9 Å². The van der Waals surface area contributed by atoms with E-state index in [1.165, 1.54) is 24.8 Å². The lowest BCUT2D eigenvalue weighted by Gasteiger charge is -2.34. The average molecular weight is 297 g/mol. The molecule has 0 bridgehead atoms. The highest BCUT2D eigenvalue weighted by Gasteiger charge is 2.24. The van der Waals surface area contributed by atoms with Gasteiger partial charge in [0.05, 0.1) is 6.54 Å². The van der Waals surface area contributed by atoms with Crippen LogP contribution in [0.25, 0.3) is 0 Å². The van der Waals surface area contributed by atoms with Crippen LogP contribution < -0.4 is 5.32 Å². The smallest absolute Gasteiger partial charge is 0.237 e. The van der Waals surface area contributed by atoms with Gasteiger partial charge in [-0.25, -0.2) is 0 Å². The molecule has 1 aliphatic rings. The molecular weight excluding hydrogens is 272 g/mol. The fourth-order valence-corrected chi connectivity index (χ4v) is 2.85. The zero-order valence-electron chi connectivity index (χ0n) is 12.2. The number of carbonyl (C=O) groups is 1. The fraction of sp³-hybridized carbons (Fsp3) is 0.562. The molecule has 0 spiro atoms. The zero-order valence-corrected chi connectivity index (χ0v) is 13.0. The summed E-state index contributed by atoms with van der Waals surface area (Å²) in [5.74, 6) is 0.221. The van der Waals surface area contributed by atoms with Gasteiger partial charge in [0.15, 0.2) is 0 Å². The largest absolute Gasteiger partial charge is 0.334 e. The lowest BCUT2D eigenvalue weighted by molar-refractivity contribution is -0.133. The Kier molecular flexibility index (Phi) is 7.63. The first-order valence-corrected chi connectivity index (χ1v) is 7.29. The second-order valence-corrected chi connectivity index (χ2v) is 5.33. The predicted octanol–water partition coefficient (Wildman–Crippen LogP) is 2.99. The van der Waals surface area contributed by atoms with Gasteiger partial charge >= 0.3 is 0 Å². The van der Waals surface area contributed by atoms with Crippen LogP contribution in [0.1, 0.15) is 37.7 Å². The Bertz CT molecular complexity index is 391. The van der Waals surface area contributed by atoms with Crippen LogP contribution in [0.3, 0.4) is 0 Å². The summed E-state index contributed by atoms with van der Waals surface area (Å²) >= 11 is 0. The molecular formula is C16H25ClN2O. The minimum absolute atomic E-state index is 0. The van der Waals surface area contributed by atoms with E-state index >= 15 is 0 Å². The van der Waals surface area contributed by atoms with Crippen LogP contribution in [-0.4, -0.2) is 30.4 Å². The van der Waals surface area contributed by atoms with E-state index in [0.29, 0.717) is 12.6 Å². The van der Waals surface area contributed by atoms with E-state index in [0.717, 1.165) is 19.4 Å². The summed E-state index contributed by atoms with van der Waals surface area (Å²) in [5.41, 5.74) is 1.22. The number of likely N-dealkylation sites (N-methyl/N-ethyl adjacent to an activating group) is 1. The molecule has 3 nitrogen and oxygen atoms in total. The lowest BCUT2D eigenvalue weighted by atomic mass is 9.93. The van der Waals surface area contributed by atoms with Crippen molar-refractivity contribution in [2.75, 3.05) is 13.6 Å². The van der Waals surface area contributed by atoms with Gasteiger partial charge in [-0.1, -0.05) is 49.6 Å². The van der Waals surface area contributed by atoms with E-state index in [4.69, 9.17) is 0 Å². The first-order valence-electron chi connectivity index (χ1n) is 7.29. The fourth-order valence-electron chi connectivity index (χ4n) is 2.85. The molecule has 20 heavy (non-hydrogen) atoms. The number of hydrogen-bond acceptors (Lipinski definition) is 2. The Morgan fingerprint density at radius 1 is 1.20 bits per heavy atom. The number of rotatable bonds is 5. The van der Waals surface area contributed by atoms with Gasteiger partial charge in [0, 0.05) is 12.6 Å². The molecule has 1 aliphatic carbocycles. The van der Waals surface area contributed by atoms with Crippen molar-refractivity contribution in [2.24, 2.45) is 0 Å². The van der Waals surface area contributed by atoms with E-state index in [1.807, 2.05) is 25.2 Å². The molecule has 1 N–H and O–H groups in total. The van der Waals surface area contributed by atoms with Gasteiger partial charge < -0.3 is 10.2 Å². The van der Waals surface area contributed by atoms with E-state index in [2.05, 4.69) is 22.3 Å². The third-order valence-corrected chi connectivity index (χ3v) is 3.86. The van der Waals surface area contributed by atoms with Crippen molar-refractivity contribution in [3.63, 3.8) is 0 Å². The summed E-state index contributed by atoms with van der Waals surface area (Å²) in [6, 6.07) is 10.7. The van der Waals surface area contributed by atoms with Crippen LogP contribution in [0.4, 0.5) is 0 Å². The van der Waals surface area contributed by atoms with Crippen LogP contribution >= 0.6 is 12.4 Å². The molecule has 0 unspecified atom stereocenters. The van der Waals surface area contributed by atoms with Crippen LogP contribution in [0.15, 0.2) is 30.3 Å². The van der Waals surface area contributed by atoms with Crippen molar-refractivity contribution in [2.45, 2.75) is 44.7 Å². The number of amides is 1. The lowest BCUT2D eigenvalue weighted by Crippen LogP contribution is -2.44. The highest BCUT2D eigenvalue weighted by atomic mass is 35.5. The molecule has 0 heterocycles. The van der Waals surface area contributed by atoms with Gasteiger partial charge in [0.2, 0.25) is 5.91 Å². The number of nitrogens with one attached hydrogen (secondary N) is 1. The van der Waals surface area contributed by atoms with Gasteiger partial charge in [-0.3, -0.25) is 4.79 Å². The number of hydrogen-bond donors (Lipinski definition) is 1. The van der Waals surface area contributed by atoms with Crippen molar-refractivity contribution >= 4 is 18.3 Å². The maximum Gasteiger partial charge on any atom is 0.237 e. The van der Waals surface area contributed by atoms with E-state index < -0.39 is 0 Å². The number of nitrogens with zero attached hydrogens (tertiary/aromatic N) is 1. The Morgan fingerprint density at radius 3 is 2.45 bits per heavy atom. The van der Waals surface area contributed by atoms with Gasteiger partial charge in [-0.05, 0) is 25.5 Å². The molecule has 112 valence electrons. The number of benzene rings is 1. The number of carbonyl (C=O) groups excluding carboxylic acids is 1. The van der Waals surface area contributed by atoms with E-state index in [-0.39, 0.29) is 18.3 Å². The maximum absolute atomic E-state index is 12.3. The molecule has 0 aliphatic heterocycles. The van der Waals surface area contributed by atoms with E-state index in [1.54, 1.807) is 0 Å². The second-order valence-electron chi connectivity index (χ2n) is 5.33. The third kappa shape index (κ3) is 4.80. The van der Waals surface area contributed by atoms with Crippen LogP contribution in [-0.2, 0) is 11.3 Å². The molecule has 0 aromatic heterocycles. The summed E-state index contributed by atoms with van der Waals surface area (Å²) in [6.07, 6.45) is 6.13. The summed E-state index contributed by atoms with van der Waals surface area (Å²) in [6.45, 7) is 1.18. The van der Waals surface area contributed by atoms with Gasteiger partial charge in [0.1, 0.15) is 0 Å². The van der Waals surface area contributed by atoms with Crippen molar-refractivity contribution < 1.29 is 4.79 Å². The number of halogens is 1. The molecule has 0 radical (unpaired) electrons. The SMILES string of the molecule is CNCC(=O)N(Cc1ccccc1)C1CCCCC1.Cl. The normalized spacial score (nSPS) is 15.4. The first kappa shape index (κ1) is 17.0. The second kappa shape index (κ2) is 8.98. The molecule has 2 rings (SSSR count). The minimum atomic E-state index is 0. The molecule has 1 amide bonds. The Labute approximate surface area is 128 Å². The summed E-state index contributed by atoms with van der Waals surface area (Å²) in [4.78, 5) is 14.4. The monoisotopic (exact) mass is 296 g/mol. The molecule has 4 heteroatoms. The average Bonchev–Trinajstić information content (AvgIpc) is 2.47. The molecule has 0 atom stereocenters. The standard InChI is InChI=1S/C16H24N2O.ClH/c1-17-12-16(19)18(15-10-6-3-7-11-15)13-14-8-4-2-5-9-14;/h2,4-5,8-9,15,17H,3,6-7,10-13H2,1H3;1H. The van der Waals surface area contributed by atoms with Crippen molar-refractivity contribution in [1.29, 1.82) is 0 Å². The first-order chi connectivity index (χ1) is 9.31. The van der Waals surface area contributed by atoms with E-state index in [9.17, 15) is 4.79 Å². The summed E-state index contributed by atoms with van der Waals surface area (Å²) in [5, 5.41) is 2.98. The molecule has 1 aromatic carbocycles. The van der Waals surface area contributed by atoms with Crippen molar-refractivity contribution in [1.82, 2.24) is 10.2 Å². The van der Waals surface area contributed by atoms with Gasteiger partial charge in [0.25, 0.3) is 0 Å². The summed E-state index contributed by atoms with van der Waals surface area (Å²) < 4.78 is 0. The highest BCUT2D eigenvalue weighted by Crippen LogP contribution is 2.24. The summed E-state index contributed by atoms with van der Waals surface area (Å²) in [7, 11) is 1.83. The third-order valence-electron chi connectivity index (χ3n) is 3.86. The minimum Gasteiger partial charge on any atom is -0.334 e. The molecule has 1 fully saturated rings. The molecule has 0 saturated heterocycles. The van der Waals surface area contributed by atoms with Gasteiger partial charge in [-0.2, -0.15) is 0 Å². The van der Waals surface area contributed by atoms with Crippen molar-refractivity contribution in [3.8, 4) is 0 Å². The Morgan fingerprint density at radius 2 is 1.85 bits per heavy atom.